The Morgan fingerprint density at radius 3 is 2.19 bits per heavy atom. The highest BCUT2D eigenvalue weighted by Gasteiger charge is 2.31. The summed E-state index contributed by atoms with van der Waals surface area (Å²) in [6, 6.07) is -0.00137. The Hall–Kier alpha value is -0.610. The molecule has 0 aromatic carbocycles. The van der Waals surface area contributed by atoms with E-state index in [0.717, 1.165) is 0 Å². The molecule has 0 rings (SSSR count). The summed E-state index contributed by atoms with van der Waals surface area (Å²) in [5.41, 5.74) is 5.23. The molecule has 0 aliphatic carbocycles. The van der Waals surface area contributed by atoms with Crippen molar-refractivity contribution in [3.05, 3.63) is 0 Å². The van der Waals surface area contributed by atoms with Crippen LogP contribution in [-0.2, 0) is 4.79 Å². The zero-order valence-corrected chi connectivity index (χ0v) is 10.9. The SMILES string of the molecule is CCC(N)(CC)C(=O)NC(CCO)C(C)C. The highest BCUT2D eigenvalue weighted by molar-refractivity contribution is 5.86. The van der Waals surface area contributed by atoms with E-state index in [1.165, 1.54) is 0 Å². The predicted molar refractivity (Wildman–Crippen MR) is 66.0 cm³/mol. The topological polar surface area (TPSA) is 75.4 Å². The lowest BCUT2D eigenvalue weighted by Gasteiger charge is -2.30. The van der Waals surface area contributed by atoms with Crippen molar-refractivity contribution in [2.24, 2.45) is 11.7 Å². The molecule has 0 saturated heterocycles. The van der Waals surface area contributed by atoms with E-state index >= 15 is 0 Å². The molecule has 0 aliphatic rings. The Kier molecular flexibility index (Phi) is 6.60. The maximum atomic E-state index is 12.0. The van der Waals surface area contributed by atoms with Crippen molar-refractivity contribution in [1.82, 2.24) is 5.32 Å². The van der Waals surface area contributed by atoms with Crippen molar-refractivity contribution in [3.63, 3.8) is 0 Å². The highest BCUT2D eigenvalue weighted by atomic mass is 16.3. The standard InChI is InChI=1S/C12H26N2O2/c1-5-12(13,6-2)11(16)14-10(7-8-15)9(3)4/h9-10,15H,5-8,13H2,1-4H3,(H,14,16). The smallest absolute Gasteiger partial charge is 0.240 e. The van der Waals surface area contributed by atoms with Crippen LogP contribution >= 0.6 is 0 Å². The second-order valence-corrected chi connectivity index (χ2v) is 4.70. The van der Waals surface area contributed by atoms with Gasteiger partial charge in [-0.15, -0.1) is 0 Å². The number of rotatable bonds is 7. The third kappa shape index (κ3) is 4.10. The van der Waals surface area contributed by atoms with Crippen molar-refractivity contribution in [3.8, 4) is 0 Å². The molecule has 4 N–H and O–H groups in total. The molecule has 0 radical (unpaired) electrons. The van der Waals surface area contributed by atoms with Crippen LogP contribution in [0.15, 0.2) is 0 Å². The minimum Gasteiger partial charge on any atom is -0.396 e. The first-order valence-electron chi connectivity index (χ1n) is 6.12. The van der Waals surface area contributed by atoms with E-state index in [-0.39, 0.29) is 18.6 Å². The highest BCUT2D eigenvalue weighted by Crippen LogP contribution is 2.14. The first-order chi connectivity index (χ1) is 7.41. The molecule has 1 amide bonds. The summed E-state index contributed by atoms with van der Waals surface area (Å²) >= 11 is 0. The molecule has 4 heteroatoms. The molecular formula is C12H26N2O2. The molecule has 0 heterocycles. The van der Waals surface area contributed by atoms with E-state index < -0.39 is 5.54 Å². The molecule has 0 aromatic heterocycles. The van der Waals surface area contributed by atoms with E-state index in [9.17, 15) is 4.79 Å². The van der Waals surface area contributed by atoms with E-state index in [1.807, 2.05) is 27.7 Å². The molecule has 96 valence electrons. The molecule has 16 heavy (non-hydrogen) atoms. The van der Waals surface area contributed by atoms with Crippen LogP contribution in [-0.4, -0.2) is 29.2 Å². The van der Waals surface area contributed by atoms with Crippen molar-refractivity contribution >= 4 is 5.91 Å². The zero-order valence-electron chi connectivity index (χ0n) is 10.9. The Balaban J connectivity index is 4.50. The van der Waals surface area contributed by atoms with Crippen LogP contribution in [0.5, 0.6) is 0 Å². The summed E-state index contributed by atoms with van der Waals surface area (Å²) in [5.74, 6) is 0.193. The molecule has 4 nitrogen and oxygen atoms in total. The monoisotopic (exact) mass is 230 g/mol. The minimum absolute atomic E-state index is 0.00137. The number of aliphatic hydroxyl groups excluding tert-OH is 1. The predicted octanol–water partition coefficient (Wildman–Crippen LogP) is 1.03. The van der Waals surface area contributed by atoms with Crippen LogP contribution in [0.25, 0.3) is 0 Å². The quantitative estimate of drug-likeness (QED) is 0.611. The largest absolute Gasteiger partial charge is 0.396 e. The molecule has 0 saturated carbocycles. The van der Waals surface area contributed by atoms with Gasteiger partial charge < -0.3 is 16.2 Å². The minimum atomic E-state index is -0.775. The van der Waals surface area contributed by atoms with Gasteiger partial charge in [-0.25, -0.2) is 0 Å². The van der Waals surface area contributed by atoms with Gasteiger partial charge in [0.2, 0.25) is 5.91 Å². The summed E-state index contributed by atoms with van der Waals surface area (Å²) in [5, 5.41) is 11.9. The van der Waals surface area contributed by atoms with E-state index in [0.29, 0.717) is 25.2 Å². The first-order valence-corrected chi connectivity index (χ1v) is 6.12. The zero-order chi connectivity index (χ0) is 12.8. The number of amides is 1. The Labute approximate surface area is 98.6 Å². The van der Waals surface area contributed by atoms with Gasteiger partial charge in [-0.2, -0.15) is 0 Å². The molecule has 0 spiro atoms. The maximum absolute atomic E-state index is 12.0. The van der Waals surface area contributed by atoms with Gasteiger partial charge in [0.25, 0.3) is 0 Å². The number of hydrogen-bond donors (Lipinski definition) is 3. The van der Waals surface area contributed by atoms with E-state index in [1.54, 1.807) is 0 Å². The summed E-state index contributed by atoms with van der Waals surface area (Å²) in [6.07, 6.45) is 1.82. The second kappa shape index (κ2) is 6.86. The number of nitrogens with two attached hydrogens (primary N) is 1. The van der Waals surface area contributed by atoms with Gasteiger partial charge in [0.1, 0.15) is 0 Å². The number of hydrogen-bond acceptors (Lipinski definition) is 3. The van der Waals surface area contributed by atoms with Gasteiger partial charge in [-0.3, -0.25) is 4.79 Å². The fraction of sp³-hybridized carbons (Fsp3) is 0.917. The summed E-state index contributed by atoms with van der Waals surface area (Å²) < 4.78 is 0. The van der Waals surface area contributed by atoms with Crippen LogP contribution in [0.3, 0.4) is 0 Å². The van der Waals surface area contributed by atoms with Crippen molar-refractivity contribution < 1.29 is 9.90 Å². The van der Waals surface area contributed by atoms with Gasteiger partial charge in [-0.05, 0) is 25.2 Å². The fourth-order valence-corrected chi connectivity index (χ4v) is 1.59. The lowest BCUT2D eigenvalue weighted by atomic mass is 9.91. The van der Waals surface area contributed by atoms with E-state index in [4.69, 9.17) is 10.8 Å². The van der Waals surface area contributed by atoms with Crippen LogP contribution in [0.4, 0.5) is 0 Å². The van der Waals surface area contributed by atoms with Crippen LogP contribution < -0.4 is 11.1 Å². The lowest BCUT2D eigenvalue weighted by Crippen LogP contribution is -2.56. The van der Waals surface area contributed by atoms with Crippen LogP contribution in [0.2, 0.25) is 0 Å². The molecule has 0 aromatic rings. The molecule has 0 bridgehead atoms. The lowest BCUT2D eigenvalue weighted by molar-refractivity contribution is -0.127. The number of nitrogens with one attached hydrogen (secondary N) is 1. The van der Waals surface area contributed by atoms with Crippen LogP contribution in [0.1, 0.15) is 47.0 Å². The average molecular weight is 230 g/mol. The van der Waals surface area contributed by atoms with Gasteiger partial charge in [-0.1, -0.05) is 27.7 Å². The second-order valence-electron chi connectivity index (χ2n) is 4.70. The molecule has 1 unspecified atom stereocenters. The number of aliphatic hydroxyl groups is 1. The van der Waals surface area contributed by atoms with Crippen LogP contribution in [0, 0.1) is 5.92 Å². The summed E-state index contributed by atoms with van der Waals surface area (Å²) in [7, 11) is 0. The van der Waals surface area contributed by atoms with Gasteiger partial charge in [0, 0.05) is 12.6 Å². The molecular weight excluding hydrogens is 204 g/mol. The molecule has 0 fully saturated rings. The maximum Gasteiger partial charge on any atom is 0.240 e. The Bertz CT molecular complexity index is 213. The Morgan fingerprint density at radius 1 is 1.38 bits per heavy atom. The third-order valence-electron chi connectivity index (χ3n) is 3.28. The van der Waals surface area contributed by atoms with E-state index in [2.05, 4.69) is 5.32 Å². The third-order valence-corrected chi connectivity index (χ3v) is 3.28. The van der Waals surface area contributed by atoms with Crippen molar-refractivity contribution in [2.45, 2.75) is 58.5 Å². The average Bonchev–Trinajstić information content (AvgIpc) is 2.26. The molecule has 1 atom stereocenters. The Morgan fingerprint density at radius 2 is 1.88 bits per heavy atom. The van der Waals surface area contributed by atoms with Crippen molar-refractivity contribution in [1.29, 1.82) is 0 Å². The van der Waals surface area contributed by atoms with Gasteiger partial charge in [0.15, 0.2) is 0 Å². The number of carbonyl (C=O) groups excluding carboxylic acids is 1. The first kappa shape index (κ1) is 15.4. The normalized spacial score (nSPS) is 13.9. The fourth-order valence-electron chi connectivity index (χ4n) is 1.59. The molecule has 0 aliphatic heterocycles. The number of carbonyl (C=O) groups is 1. The summed E-state index contributed by atoms with van der Waals surface area (Å²) in [4.78, 5) is 12.0. The summed E-state index contributed by atoms with van der Waals surface area (Å²) in [6.45, 7) is 7.96. The van der Waals surface area contributed by atoms with Crippen molar-refractivity contribution in [2.75, 3.05) is 6.61 Å². The van der Waals surface area contributed by atoms with Gasteiger partial charge in [0.05, 0.1) is 5.54 Å². The van der Waals surface area contributed by atoms with Gasteiger partial charge >= 0.3 is 0 Å².